The highest BCUT2D eigenvalue weighted by molar-refractivity contribution is 5.98. The minimum Gasteiger partial charge on any atom is -0.479 e. The molecule has 1 atom stereocenters. The van der Waals surface area contributed by atoms with Gasteiger partial charge in [0, 0.05) is 25.1 Å². The van der Waals surface area contributed by atoms with Gasteiger partial charge in [-0.1, -0.05) is 29.8 Å². The van der Waals surface area contributed by atoms with E-state index in [0.717, 1.165) is 12.1 Å². The maximum atomic E-state index is 12.7. The fraction of sp³-hybridized carbons (Fsp3) is 0.273. The molecule has 6 heteroatoms. The Balaban J connectivity index is 1.38. The molecule has 0 unspecified atom stereocenters. The second-order valence-corrected chi connectivity index (χ2v) is 7.02. The maximum absolute atomic E-state index is 12.7. The van der Waals surface area contributed by atoms with Gasteiger partial charge in [0.15, 0.2) is 6.10 Å². The number of benzene rings is 1. The van der Waals surface area contributed by atoms with E-state index >= 15 is 0 Å². The van der Waals surface area contributed by atoms with Gasteiger partial charge in [-0.2, -0.15) is 0 Å². The van der Waals surface area contributed by atoms with Crippen molar-refractivity contribution in [1.82, 2.24) is 15.0 Å². The largest absolute Gasteiger partial charge is 0.479 e. The van der Waals surface area contributed by atoms with E-state index in [1.54, 1.807) is 23.5 Å². The molecule has 0 aliphatic carbocycles. The highest BCUT2D eigenvalue weighted by Crippen LogP contribution is 2.24. The lowest BCUT2D eigenvalue weighted by atomic mass is 10.1. The van der Waals surface area contributed by atoms with Crippen LogP contribution in [0.4, 0.5) is 5.69 Å². The molecule has 2 aromatic heterocycles. The zero-order chi connectivity index (χ0) is 19.5. The standard InChI is InChI=1S/C22H22N4O2/c1-15-3-5-17(6-4-15)11-18-7-8-20(14-25-18)28-21-9-10-26(22(21)27)19-12-23-16(2)24-13-19/h3-8,12-14,21H,9-11H2,1-2H3/t21-/m1/s1. The summed E-state index contributed by atoms with van der Waals surface area (Å²) in [4.78, 5) is 27.1. The Morgan fingerprint density at radius 2 is 1.75 bits per heavy atom. The molecule has 0 N–H and O–H groups in total. The van der Waals surface area contributed by atoms with Crippen LogP contribution in [-0.4, -0.2) is 33.5 Å². The van der Waals surface area contributed by atoms with Gasteiger partial charge < -0.3 is 9.64 Å². The van der Waals surface area contributed by atoms with Crippen LogP contribution in [0, 0.1) is 13.8 Å². The number of rotatable bonds is 5. The lowest BCUT2D eigenvalue weighted by molar-refractivity contribution is -0.122. The van der Waals surface area contributed by atoms with Crippen LogP contribution in [-0.2, 0) is 11.2 Å². The predicted molar refractivity (Wildman–Crippen MR) is 106 cm³/mol. The van der Waals surface area contributed by atoms with Gasteiger partial charge in [0.1, 0.15) is 11.6 Å². The monoisotopic (exact) mass is 374 g/mol. The Morgan fingerprint density at radius 1 is 1.00 bits per heavy atom. The van der Waals surface area contributed by atoms with Gasteiger partial charge in [-0.15, -0.1) is 0 Å². The number of aromatic nitrogens is 3. The molecule has 1 amide bonds. The fourth-order valence-corrected chi connectivity index (χ4v) is 3.21. The first-order valence-corrected chi connectivity index (χ1v) is 9.35. The Hall–Kier alpha value is -3.28. The predicted octanol–water partition coefficient (Wildman–Crippen LogP) is 3.26. The van der Waals surface area contributed by atoms with Crippen molar-refractivity contribution in [2.24, 2.45) is 0 Å². The molecule has 0 spiro atoms. The third-order valence-corrected chi connectivity index (χ3v) is 4.82. The smallest absolute Gasteiger partial charge is 0.268 e. The van der Waals surface area contributed by atoms with Gasteiger partial charge in [0.25, 0.3) is 5.91 Å². The number of hydrogen-bond acceptors (Lipinski definition) is 5. The number of ether oxygens (including phenoxy) is 1. The average molecular weight is 374 g/mol. The van der Waals surface area contributed by atoms with E-state index in [-0.39, 0.29) is 5.91 Å². The van der Waals surface area contributed by atoms with Crippen molar-refractivity contribution in [1.29, 1.82) is 0 Å². The molecule has 28 heavy (non-hydrogen) atoms. The normalized spacial score (nSPS) is 16.4. The first-order chi connectivity index (χ1) is 13.6. The van der Waals surface area contributed by atoms with E-state index in [0.29, 0.717) is 30.2 Å². The van der Waals surface area contributed by atoms with Crippen LogP contribution in [0.5, 0.6) is 5.75 Å². The fourth-order valence-electron chi connectivity index (χ4n) is 3.21. The van der Waals surface area contributed by atoms with Crippen molar-refractivity contribution in [2.75, 3.05) is 11.4 Å². The van der Waals surface area contributed by atoms with E-state index in [9.17, 15) is 4.79 Å². The number of carbonyl (C=O) groups excluding carboxylic acids is 1. The Bertz CT molecular complexity index is 953. The molecule has 1 aliphatic heterocycles. The molecule has 3 heterocycles. The molecular weight excluding hydrogens is 352 g/mol. The van der Waals surface area contributed by atoms with Gasteiger partial charge in [-0.3, -0.25) is 9.78 Å². The Morgan fingerprint density at radius 3 is 2.43 bits per heavy atom. The molecule has 1 aliphatic rings. The molecule has 0 saturated carbocycles. The van der Waals surface area contributed by atoms with E-state index in [2.05, 4.69) is 46.1 Å². The molecule has 3 aromatic rings. The summed E-state index contributed by atoms with van der Waals surface area (Å²) in [5.74, 6) is 1.21. The summed E-state index contributed by atoms with van der Waals surface area (Å²) >= 11 is 0. The van der Waals surface area contributed by atoms with E-state index in [4.69, 9.17) is 4.74 Å². The minimum atomic E-state index is -0.508. The highest BCUT2D eigenvalue weighted by atomic mass is 16.5. The Kier molecular flexibility index (Phi) is 5.02. The van der Waals surface area contributed by atoms with Gasteiger partial charge in [-0.25, -0.2) is 9.97 Å². The van der Waals surface area contributed by atoms with E-state index < -0.39 is 6.10 Å². The van der Waals surface area contributed by atoms with Gasteiger partial charge in [0.2, 0.25) is 0 Å². The molecule has 0 radical (unpaired) electrons. The van der Waals surface area contributed by atoms with Crippen molar-refractivity contribution in [2.45, 2.75) is 32.8 Å². The molecule has 1 aromatic carbocycles. The summed E-state index contributed by atoms with van der Waals surface area (Å²) in [7, 11) is 0. The maximum Gasteiger partial charge on any atom is 0.268 e. The van der Waals surface area contributed by atoms with Gasteiger partial charge in [-0.05, 0) is 31.5 Å². The molecule has 1 saturated heterocycles. The number of anilines is 1. The van der Waals surface area contributed by atoms with Crippen LogP contribution >= 0.6 is 0 Å². The number of aryl methyl sites for hydroxylation is 2. The minimum absolute atomic E-state index is 0.0730. The lowest BCUT2D eigenvalue weighted by Crippen LogP contribution is -2.32. The number of nitrogens with zero attached hydrogens (tertiary/aromatic N) is 4. The van der Waals surface area contributed by atoms with Crippen LogP contribution in [0.25, 0.3) is 0 Å². The molecule has 4 rings (SSSR count). The second kappa shape index (κ2) is 7.76. The molecule has 142 valence electrons. The van der Waals surface area contributed by atoms with Crippen molar-refractivity contribution < 1.29 is 9.53 Å². The highest BCUT2D eigenvalue weighted by Gasteiger charge is 2.34. The number of pyridine rings is 1. The zero-order valence-electron chi connectivity index (χ0n) is 16.0. The summed E-state index contributed by atoms with van der Waals surface area (Å²) in [5, 5.41) is 0. The van der Waals surface area contributed by atoms with Crippen LogP contribution < -0.4 is 9.64 Å². The number of carbonyl (C=O) groups is 1. The van der Waals surface area contributed by atoms with Crippen LogP contribution in [0.15, 0.2) is 55.0 Å². The lowest BCUT2D eigenvalue weighted by Gasteiger charge is -2.16. The summed E-state index contributed by atoms with van der Waals surface area (Å²) in [6.07, 6.45) is 5.91. The van der Waals surface area contributed by atoms with Gasteiger partial charge >= 0.3 is 0 Å². The third-order valence-electron chi connectivity index (χ3n) is 4.82. The van der Waals surface area contributed by atoms with Crippen molar-refractivity contribution in [3.63, 3.8) is 0 Å². The summed E-state index contributed by atoms with van der Waals surface area (Å²) in [6, 6.07) is 12.2. The summed E-state index contributed by atoms with van der Waals surface area (Å²) < 4.78 is 5.89. The average Bonchev–Trinajstić information content (AvgIpc) is 3.06. The molecule has 0 bridgehead atoms. The first-order valence-electron chi connectivity index (χ1n) is 9.35. The molecular formula is C22H22N4O2. The SMILES string of the molecule is Cc1ccc(Cc2ccc(O[C@@H]3CCN(c4cnc(C)nc4)C3=O)cn2)cc1. The quantitative estimate of drug-likeness (QED) is 0.686. The van der Waals surface area contributed by atoms with E-state index in [1.165, 1.54) is 11.1 Å². The van der Waals surface area contributed by atoms with Crippen molar-refractivity contribution in [3.05, 3.63) is 77.6 Å². The van der Waals surface area contributed by atoms with Gasteiger partial charge in [0.05, 0.1) is 24.3 Å². The number of hydrogen-bond donors (Lipinski definition) is 0. The topological polar surface area (TPSA) is 68.2 Å². The molecule has 1 fully saturated rings. The third kappa shape index (κ3) is 4.01. The second-order valence-electron chi connectivity index (χ2n) is 7.02. The van der Waals surface area contributed by atoms with Crippen LogP contribution in [0.2, 0.25) is 0 Å². The summed E-state index contributed by atoms with van der Waals surface area (Å²) in [5.41, 5.74) is 4.13. The van der Waals surface area contributed by atoms with Crippen LogP contribution in [0.1, 0.15) is 29.1 Å². The molecule has 6 nitrogen and oxygen atoms in total. The Labute approximate surface area is 164 Å². The van der Waals surface area contributed by atoms with Crippen molar-refractivity contribution in [3.8, 4) is 5.75 Å². The first kappa shape index (κ1) is 18.1. The zero-order valence-corrected chi connectivity index (χ0v) is 16.0. The van der Waals surface area contributed by atoms with Crippen molar-refractivity contribution >= 4 is 11.6 Å². The van der Waals surface area contributed by atoms with Crippen LogP contribution in [0.3, 0.4) is 0 Å². The van der Waals surface area contributed by atoms with E-state index in [1.807, 2.05) is 19.1 Å². The number of amides is 1. The summed E-state index contributed by atoms with van der Waals surface area (Å²) in [6.45, 7) is 4.48.